The molecule has 0 atom stereocenters. The van der Waals surface area contributed by atoms with Gasteiger partial charge in [0.25, 0.3) is 5.78 Å². The molecule has 5 heteroatoms. The van der Waals surface area contributed by atoms with E-state index in [1.807, 2.05) is 12.3 Å². The van der Waals surface area contributed by atoms with Crippen LogP contribution in [0, 0.1) is 0 Å². The Bertz CT molecular complexity index is 460. The van der Waals surface area contributed by atoms with Gasteiger partial charge in [-0.15, -0.1) is 10.2 Å². The molecular formula is C8H7ClN4. The average molecular weight is 195 g/mol. The van der Waals surface area contributed by atoms with Crippen LogP contribution in [0.5, 0.6) is 0 Å². The molecule has 0 bridgehead atoms. The third-order valence-electron chi connectivity index (χ3n) is 2.26. The van der Waals surface area contributed by atoms with E-state index in [9.17, 15) is 0 Å². The van der Waals surface area contributed by atoms with Gasteiger partial charge in [-0.05, 0) is 30.5 Å². The maximum atomic E-state index is 5.77. The Balaban J connectivity index is 2.21. The first-order valence-corrected chi connectivity index (χ1v) is 4.59. The van der Waals surface area contributed by atoms with Crippen LogP contribution in [0.2, 0.25) is 5.28 Å². The van der Waals surface area contributed by atoms with Gasteiger partial charge in [-0.1, -0.05) is 0 Å². The molecule has 0 radical (unpaired) electrons. The van der Waals surface area contributed by atoms with Crippen molar-refractivity contribution in [2.45, 2.75) is 18.8 Å². The lowest BCUT2D eigenvalue weighted by Crippen LogP contribution is -1.92. The van der Waals surface area contributed by atoms with Gasteiger partial charge in [-0.3, -0.25) is 4.40 Å². The lowest BCUT2D eigenvalue weighted by atomic mass is 10.3. The highest BCUT2D eigenvalue weighted by Gasteiger charge is 2.25. The molecule has 0 spiro atoms. The van der Waals surface area contributed by atoms with Crippen molar-refractivity contribution in [1.82, 2.24) is 19.6 Å². The molecule has 0 saturated heterocycles. The van der Waals surface area contributed by atoms with E-state index in [1.165, 1.54) is 12.8 Å². The van der Waals surface area contributed by atoms with Crippen molar-refractivity contribution in [1.29, 1.82) is 0 Å². The summed E-state index contributed by atoms with van der Waals surface area (Å²) >= 11 is 5.77. The van der Waals surface area contributed by atoms with Crippen molar-refractivity contribution < 1.29 is 0 Å². The Hall–Kier alpha value is -1.16. The first-order valence-electron chi connectivity index (χ1n) is 4.22. The summed E-state index contributed by atoms with van der Waals surface area (Å²) in [6, 6.07) is 1.99. The first kappa shape index (κ1) is 7.26. The van der Waals surface area contributed by atoms with Crippen LogP contribution in [-0.4, -0.2) is 19.6 Å². The molecule has 3 rings (SSSR count). The summed E-state index contributed by atoms with van der Waals surface area (Å²) in [5.74, 6) is 1.23. The molecule has 4 nitrogen and oxygen atoms in total. The van der Waals surface area contributed by atoms with Gasteiger partial charge >= 0.3 is 0 Å². The van der Waals surface area contributed by atoms with Crippen LogP contribution in [0.3, 0.4) is 0 Å². The Morgan fingerprint density at radius 3 is 3.00 bits per heavy atom. The highest BCUT2D eigenvalue weighted by Crippen LogP contribution is 2.38. The summed E-state index contributed by atoms with van der Waals surface area (Å²) in [5, 5.41) is 7.96. The minimum Gasteiger partial charge on any atom is -0.257 e. The van der Waals surface area contributed by atoms with Crippen molar-refractivity contribution in [2.75, 3.05) is 0 Å². The Kier molecular flexibility index (Phi) is 1.35. The quantitative estimate of drug-likeness (QED) is 0.694. The van der Waals surface area contributed by atoms with Crippen molar-refractivity contribution >= 4 is 17.4 Å². The van der Waals surface area contributed by atoms with E-state index in [4.69, 9.17) is 11.6 Å². The Labute approximate surface area is 79.6 Å². The van der Waals surface area contributed by atoms with E-state index in [2.05, 4.69) is 15.2 Å². The zero-order valence-corrected chi connectivity index (χ0v) is 7.57. The summed E-state index contributed by atoms with van der Waals surface area (Å²) < 4.78 is 1.67. The number of fused-ring (bicyclic) bond motifs is 1. The van der Waals surface area contributed by atoms with E-state index >= 15 is 0 Å². The fraction of sp³-hybridized carbons (Fsp3) is 0.375. The summed E-state index contributed by atoms with van der Waals surface area (Å²) in [5.41, 5.74) is 1.11. The number of hydrogen-bond donors (Lipinski definition) is 0. The molecule has 13 heavy (non-hydrogen) atoms. The number of hydrogen-bond acceptors (Lipinski definition) is 3. The van der Waals surface area contributed by atoms with Crippen LogP contribution in [0.25, 0.3) is 5.78 Å². The van der Waals surface area contributed by atoms with Crippen LogP contribution >= 0.6 is 11.6 Å². The largest absolute Gasteiger partial charge is 0.257 e. The monoisotopic (exact) mass is 194 g/mol. The van der Waals surface area contributed by atoms with Crippen LogP contribution in [0.4, 0.5) is 0 Å². The molecule has 2 heterocycles. The molecule has 1 aliphatic carbocycles. The van der Waals surface area contributed by atoms with Gasteiger partial charge in [0, 0.05) is 17.8 Å². The van der Waals surface area contributed by atoms with Gasteiger partial charge in [-0.2, -0.15) is 0 Å². The van der Waals surface area contributed by atoms with Crippen LogP contribution in [0.1, 0.15) is 24.5 Å². The van der Waals surface area contributed by atoms with Gasteiger partial charge in [0.15, 0.2) is 0 Å². The van der Waals surface area contributed by atoms with Crippen LogP contribution in [-0.2, 0) is 0 Å². The van der Waals surface area contributed by atoms with E-state index in [-0.39, 0.29) is 0 Å². The molecule has 1 fully saturated rings. The highest BCUT2D eigenvalue weighted by atomic mass is 35.5. The average Bonchev–Trinajstić information content (AvgIpc) is 2.93. The molecule has 0 unspecified atom stereocenters. The number of aromatic nitrogens is 4. The van der Waals surface area contributed by atoms with E-state index in [0.717, 1.165) is 5.69 Å². The van der Waals surface area contributed by atoms with Crippen LogP contribution in [0.15, 0.2) is 12.3 Å². The molecule has 66 valence electrons. The minimum absolute atomic E-state index is 0.366. The molecule has 0 aliphatic heterocycles. The summed E-state index contributed by atoms with van der Waals surface area (Å²) in [7, 11) is 0. The van der Waals surface area contributed by atoms with E-state index < -0.39 is 0 Å². The fourth-order valence-electron chi connectivity index (χ4n) is 1.38. The summed E-state index contributed by atoms with van der Waals surface area (Å²) in [4.78, 5) is 4.36. The second-order valence-corrected chi connectivity index (χ2v) is 3.60. The van der Waals surface area contributed by atoms with Gasteiger partial charge in [0.1, 0.15) is 0 Å². The molecule has 1 saturated carbocycles. The SMILES string of the molecule is Clc1nnc2nc(C3CC3)ccn12. The molecule has 0 N–H and O–H groups in total. The minimum atomic E-state index is 0.366. The van der Waals surface area contributed by atoms with Crippen molar-refractivity contribution in [2.24, 2.45) is 0 Å². The highest BCUT2D eigenvalue weighted by molar-refractivity contribution is 6.28. The molecule has 1 aliphatic rings. The van der Waals surface area contributed by atoms with Gasteiger partial charge in [0.05, 0.1) is 0 Å². The van der Waals surface area contributed by atoms with Gasteiger partial charge < -0.3 is 0 Å². The van der Waals surface area contributed by atoms with E-state index in [0.29, 0.717) is 17.0 Å². The topological polar surface area (TPSA) is 43.1 Å². The standard InChI is InChI=1S/C8H7ClN4/c9-7-11-12-8-10-6(5-1-2-5)3-4-13(7)8/h3-5H,1-2H2. The van der Waals surface area contributed by atoms with E-state index in [1.54, 1.807) is 4.40 Å². The normalized spacial score (nSPS) is 16.7. The smallest absolute Gasteiger partial charge is 0.256 e. The Morgan fingerprint density at radius 1 is 1.38 bits per heavy atom. The maximum Gasteiger partial charge on any atom is 0.256 e. The van der Waals surface area contributed by atoms with Crippen LogP contribution < -0.4 is 0 Å². The first-order chi connectivity index (χ1) is 6.34. The summed E-state index contributed by atoms with van der Waals surface area (Å²) in [6.07, 6.45) is 4.36. The molecular weight excluding hydrogens is 188 g/mol. The fourth-order valence-corrected chi connectivity index (χ4v) is 1.55. The summed E-state index contributed by atoms with van der Waals surface area (Å²) in [6.45, 7) is 0. The van der Waals surface area contributed by atoms with Gasteiger partial charge in [-0.25, -0.2) is 4.98 Å². The molecule has 2 aromatic rings. The predicted octanol–water partition coefficient (Wildman–Crippen LogP) is 1.66. The molecule has 0 aromatic carbocycles. The second-order valence-electron chi connectivity index (χ2n) is 3.27. The predicted molar refractivity (Wildman–Crippen MR) is 47.8 cm³/mol. The van der Waals surface area contributed by atoms with Crippen molar-refractivity contribution in [3.8, 4) is 0 Å². The molecule has 0 amide bonds. The number of rotatable bonds is 1. The maximum absolute atomic E-state index is 5.77. The lowest BCUT2D eigenvalue weighted by molar-refractivity contribution is 0.982. The third-order valence-corrected chi connectivity index (χ3v) is 2.51. The number of nitrogens with zero attached hydrogens (tertiary/aromatic N) is 4. The second kappa shape index (κ2) is 2.42. The molecule has 2 aromatic heterocycles. The third kappa shape index (κ3) is 1.09. The Morgan fingerprint density at radius 2 is 2.23 bits per heavy atom. The number of halogens is 1. The van der Waals surface area contributed by atoms with Crippen molar-refractivity contribution in [3.63, 3.8) is 0 Å². The zero-order chi connectivity index (χ0) is 8.84. The van der Waals surface area contributed by atoms with Crippen molar-refractivity contribution in [3.05, 3.63) is 23.2 Å². The van der Waals surface area contributed by atoms with Gasteiger partial charge in [0.2, 0.25) is 5.28 Å². The lowest BCUT2D eigenvalue weighted by Gasteiger charge is -1.96. The zero-order valence-electron chi connectivity index (χ0n) is 6.81.